The molecule has 72 valence electrons. The van der Waals surface area contributed by atoms with Crippen molar-refractivity contribution in [2.75, 3.05) is 0 Å². The summed E-state index contributed by atoms with van der Waals surface area (Å²) in [7, 11) is 0. The molecule has 3 N–H and O–H groups in total. The second-order valence-corrected chi connectivity index (χ2v) is 3.63. The molecule has 0 radical (unpaired) electrons. The molecule has 2 atom stereocenters. The summed E-state index contributed by atoms with van der Waals surface area (Å²) in [5.41, 5.74) is 6.03. The van der Waals surface area contributed by atoms with Crippen molar-refractivity contribution in [1.82, 2.24) is 4.98 Å². The van der Waals surface area contributed by atoms with Crippen molar-refractivity contribution in [2.24, 2.45) is 5.73 Å². The number of aliphatic hydroxyl groups is 1. The van der Waals surface area contributed by atoms with Crippen LogP contribution < -0.4 is 5.73 Å². The predicted molar refractivity (Wildman–Crippen MR) is 52.9 cm³/mol. The highest BCUT2D eigenvalue weighted by molar-refractivity contribution is 6.32. The van der Waals surface area contributed by atoms with Gasteiger partial charge in [0.25, 0.3) is 0 Å². The highest BCUT2D eigenvalue weighted by atomic mass is 35.5. The smallest absolute Gasteiger partial charge is 0.129 e. The summed E-state index contributed by atoms with van der Waals surface area (Å²) in [6.45, 7) is 1.69. The molecule has 0 saturated heterocycles. The van der Waals surface area contributed by atoms with E-state index in [1.165, 1.54) is 12.3 Å². The number of hydrogen-bond acceptors (Lipinski definition) is 3. The molecule has 0 saturated carbocycles. The van der Waals surface area contributed by atoms with Gasteiger partial charge in [-0.25, -0.2) is 4.98 Å². The summed E-state index contributed by atoms with van der Waals surface area (Å²) in [5.74, 6) is 0. The highest BCUT2D eigenvalue weighted by Crippen LogP contribution is 2.25. The molecule has 1 aromatic rings. The van der Waals surface area contributed by atoms with Crippen LogP contribution in [0.1, 0.15) is 18.6 Å². The van der Waals surface area contributed by atoms with E-state index in [1.54, 1.807) is 6.92 Å². The van der Waals surface area contributed by atoms with E-state index in [-0.39, 0.29) is 0 Å². The van der Waals surface area contributed by atoms with Crippen molar-refractivity contribution in [3.8, 4) is 0 Å². The SMILES string of the molecule is CC(N)C(O)c1cc(Cl)ncc1Cl. The lowest BCUT2D eigenvalue weighted by Crippen LogP contribution is -2.24. The highest BCUT2D eigenvalue weighted by Gasteiger charge is 2.16. The van der Waals surface area contributed by atoms with E-state index in [4.69, 9.17) is 28.9 Å². The summed E-state index contributed by atoms with van der Waals surface area (Å²) >= 11 is 11.4. The van der Waals surface area contributed by atoms with Gasteiger partial charge in [-0.05, 0) is 13.0 Å². The number of aromatic nitrogens is 1. The molecular formula is C8H10Cl2N2O. The van der Waals surface area contributed by atoms with Crippen molar-refractivity contribution in [1.29, 1.82) is 0 Å². The van der Waals surface area contributed by atoms with Crippen LogP contribution in [0.2, 0.25) is 10.2 Å². The van der Waals surface area contributed by atoms with Crippen molar-refractivity contribution < 1.29 is 5.11 Å². The van der Waals surface area contributed by atoms with E-state index in [9.17, 15) is 5.11 Å². The van der Waals surface area contributed by atoms with Gasteiger partial charge in [-0.3, -0.25) is 0 Å². The largest absolute Gasteiger partial charge is 0.387 e. The maximum Gasteiger partial charge on any atom is 0.129 e. The van der Waals surface area contributed by atoms with Crippen LogP contribution in [0.4, 0.5) is 0 Å². The fraction of sp³-hybridized carbons (Fsp3) is 0.375. The molecule has 3 nitrogen and oxygen atoms in total. The van der Waals surface area contributed by atoms with Crippen LogP contribution in [-0.4, -0.2) is 16.1 Å². The average Bonchev–Trinajstić information content (AvgIpc) is 2.08. The van der Waals surface area contributed by atoms with Crippen molar-refractivity contribution >= 4 is 23.2 Å². The minimum absolute atomic E-state index is 0.291. The number of nitrogens with two attached hydrogens (primary N) is 1. The minimum atomic E-state index is -0.812. The molecule has 0 aromatic carbocycles. The Labute approximate surface area is 86.5 Å². The number of nitrogens with zero attached hydrogens (tertiary/aromatic N) is 1. The first-order valence-corrected chi connectivity index (χ1v) is 4.52. The summed E-state index contributed by atoms with van der Waals surface area (Å²) in [6, 6.07) is 1.12. The zero-order chi connectivity index (χ0) is 10.0. The Balaban J connectivity index is 3.05. The van der Waals surface area contributed by atoms with Gasteiger partial charge in [0.15, 0.2) is 0 Å². The Morgan fingerprint density at radius 3 is 2.69 bits per heavy atom. The van der Waals surface area contributed by atoms with E-state index in [2.05, 4.69) is 4.98 Å². The third-order valence-electron chi connectivity index (χ3n) is 1.67. The molecule has 0 aliphatic heterocycles. The molecule has 0 aliphatic rings. The number of rotatable bonds is 2. The molecule has 1 aromatic heterocycles. The van der Waals surface area contributed by atoms with Crippen LogP contribution in [0.25, 0.3) is 0 Å². The standard InChI is InChI=1S/C8H10Cl2N2O/c1-4(11)8(13)5-2-7(10)12-3-6(5)9/h2-4,8,13H,11H2,1H3. The summed E-state index contributed by atoms with van der Waals surface area (Å²) < 4.78 is 0. The topological polar surface area (TPSA) is 59.1 Å². The van der Waals surface area contributed by atoms with Crippen LogP contribution in [0, 0.1) is 0 Å². The third kappa shape index (κ3) is 2.54. The van der Waals surface area contributed by atoms with Gasteiger partial charge in [-0.1, -0.05) is 23.2 Å². The fourth-order valence-electron chi connectivity index (χ4n) is 0.937. The van der Waals surface area contributed by atoms with Crippen molar-refractivity contribution in [3.05, 3.63) is 28.0 Å². The van der Waals surface area contributed by atoms with Gasteiger partial charge >= 0.3 is 0 Å². The van der Waals surface area contributed by atoms with Gasteiger partial charge in [0, 0.05) is 17.8 Å². The average molecular weight is 221 g/mol. The predicted octanol–water partition coefficient (Wildman–Crippen LogP) is 1.77. The quantitative estimate of drug-likeness (QED) is 0.748. The first-order chi connectivity index (χ1) is 6.02. The summed E-state index contributed by atoms with van der Waals surface area (Å²) in [5, 5.41) is 10.3. The molecule has 0 fully saturated rings. The Bertz CT molecular complexity index is 304. The maximum absolute atomic E-state index is 9.61. The number of hydrogen-bond donors (Lipinski definition) is 2. The zero-order valence-electron chi connectivity index (χ0n) is 7.04. The Morgan fingerprint density at radius 1 is 1.54 bits per heavy atom. The van der Waals surface area contributed by atoms with E-state index in [0.717, 1.165) is 0 Å². The maximum atomic E-state index is 9.61. The normalized spacial score (nSPS) is 15.5. The van der Waals surface area contributed by atoms with Crippen molar-refractivity contribution in [3.63, 3.8) is 0 Å². The number of pyridine rings is 1. The van der Waals surface area contributed by atoms with Crippen LogP contribution >= 0.6 is 23.2 Å². The Kier molecular flexibility index (Phi) is 3.50. The van der Waals surface area contributed by atoms with Gasteiger partial charge in [-0.2, -0.15) is 0 Å². The molecular weight excluding hydrogens is 211 g/mol. The third-order valence-corrected chi connectivity index (χ3v) is 2.19. The van der Waals surface area contributed by atoms with E-state index in [1.807, 2.05) is 0 Å². The first kappa shape index (κ1) is 10.7. The van der Waals surface area contributed by atoms with Gasteiger partial charge in [0.1, 0.15) is 5.15 Å². The molecule has 0 bridgehead atoms. The number of aliphatic hydroxyl groups excluding tert-OH is 1. The van der Waals surface area contributed by atoms with Crippen LogP contribution in [0.5, 0.6) is 0 Å². The van der Waals surface area contributed by atoms with E-state index < -0.39 is 12.1 Å². The first-order valence-electron chi connectivity index (χ1n) is 3.77. The molecule has 5 heteroatoms. The van der Waals surface area contributed by atoms with Gasteiger partial charge in [0.05, 0.1) is 11.1 Å². The summed E-state index contributed by atoms with van der Waals surface area (Å²) in [6.07, 6.45) is 0.582. The second-order valence-electron chi connectivity index (χ2n) is 2.83. The van der Waals surface area contributed by atoms with Crippen LogP contribution in [0.3, 0.4) is 0 Å². The second kappa shape index (κ2) is 4.24. The van der Waals surface area contributed by atoms with E-state index >= 15 is 0 Å². The van der Waals surface area contributed by atoms with Gasteiger partial charge < -0.3 is 10.8 Å². The van der Waals surface area contributed by atoms with Crippen LogP contribution in [-0.2, 0) is 0 Å². The fourth-order valence-corrected chi connectivity index (χ4v) is 1.32. The molecule has 0 amide bonds. The molecule has 13 heavy (non-hydrogen) atoms. The van der Waals surface area contributed by atoms with Gasteiger partial charge in [0.2, 0.25) is 0 Å². The lowest BCUT2D eigenvalue weighted by Gasteiger charge is -2.15. The number of halogens is 2. The Hall–Kier alpha value is -0.350. The molecule has 0 aliphatic carbocycles. The monoisotopic (exact) mass is 220 g/mol. The van der Waals surface area contributed by atoms with E-state index in [0.29, 0.717) is 15.7 Å². The minimum Gasteiger partial charge on any atom is -0.387 e. The lowest BCUT2D eigenvalue weighted by molar-refractivity contribution is 0.153. The van der Waals surface area contributed by atoms with Gasteiger partial charge in [-0.15, -0.1) is 0 Å². The molecule has 1 heterocycles. The summed E-state index contributed by atoms with van der Waals surface area (Å²) in [4.78, 5) is 3.76. The van der Waals surface area contributed by atoms with Crippen molar-refractivity contribution in [2.45, 2.75) is 19.1 Å². The molecule has 0 spiro atoms. The lowest BCUT2D eigenvalue weighted by atomic mass is 10.1. The molecule has 2 unspecified atom stereocenters. The Morgan fingerprint density at radius 2 is 2.15 bits per heavy atom. The zero-order valence-corrected chi connectivity index (χ0v) is 8.55. The molecule has 1 rings (SSSR count). The van der Waals surface area contributed by atoms with Crippen LogP contribution in [0.15, 0.2) is 12.3 Å².